The average molecular weight is 295 g/mol. The molecule has 0 saturated heterocycles. The number of rotatable bonds is 3. The maximum absolute atomic E-state index is 12.3. The van der Waals surface area contributed by atoms with E-state index >= 15 is 0 Å². The molecular weight excluding hydrogens is 278 g/mol. The van der Waals surface area contributed by atoms with Gasteiger partial charge in [-0.15, -0.1) is 0 Å². The molecule has 2 rings (SSSR count). The zero-order valence-corrected chi connectivity index (χ0v) is 12.1. The number of carbonyl (C=O) groups is 2. The zero-order chi connectivity index (χ0) is 14.7. The van der Waals surface area contributed by atoms with Crippen LogP contribution in [-0.2, 0) is 9.59 Å². The van der Waals surface area contributed by atoms with Crippen molar-refractivity contribution in [3.8, 4) is 0 Å². The molecule has 4 nitrogen and oxygen atoms in total. The van der Waals surface area contributed by atoms with Gasteiger partial charge in [0.2, 0.25) is 5.91 Å². The van der Waals surface area contributed by atoms with Crippen molar-refractivity contribution < 1.29 is 14.7 Å². The smallest absolute Gasteiger partial charge is 0.228 e. The molecule has 2 atom stereocenters. The largest absolute Gasteiger partial charge is 0.550 e. The summed E-state index contributed by atoms with van der Waals surface area (Å²) in [7, 11) is 0. The molecule has 1 aliphatic rings. The standard InChI is InChI=1S/C15H18ClNO3/c1-9-12(16)7-4-8-13(9)17-14(18)10-5-2-3-6-11(10)15(19)20/h4,7-8,10-11H,2-3,5-6H2,1H3,(H,17,18)(H,19,20)/p-1. The van der Waals surface area contributed by atoms with Crippen LogP contribution in [0.25, 0.3) is 0 Å². The lowest BCUT2D eigenvalue weighted by atomic mass is 9.78. The summed E-state index contributed by atoms with van der Waals surface area (Å²) < 4.78 is 0. The topological polar surface area (TPSA) is 69.2 Å². The first kappa shape index (κ1) is 14.9. The third kappa shape index (κ3) is 3.12. The molecule has 1 aliphatic carbocycles. The highest BCUT2D eigenvalue weighted by atomic mass is 35.5. The van der Waals surface area contributed by atoms with Crippen molar-refractivity contribution in [2.75, 3.05) is 5.32 Å². The fraction of sp³-hybridized carbons (Fsp3) is 0.467. The Bertz CT molecular complexity index is 530. The SMILES string of the molecule is Cc1c(Cl)cccc1NC(=O)C1CCCCC1C(=O)[O-]. The number of benzene rings is 1. The van der Waals surface area contributed by atoms with Crippen LogP contribution in [0.1, 0.15) is 31.2 Å². The van der Waals surface area contributed by atoms with E-state index in [0.717, 1.165) is 18.4 Å². The fourth-order valence-electron chi connectivity index (χ4n) is 2.70. The summed E-state index contributed by atoms with van der Waals surface area (Å²) in [4.78, 5) is 23.4. The van der Waals surface area contributed by atoms with E-state index in [4.69, 9.17) is 11.6 Å². The van der Waals surface area contributed by atoms with Crippen LogP contribution in [0.15, 0.2) is 18.2 Å². The number of aliphatic carboxylic acids is 1. The maximum atomic E-state index is 12.3. The van der Waals surface area contributed by atoms with Gasteiger partial charge in [-0.1, -0.05) is 30.5 Å². The number of carboxylic acid groups (broad SMARTS) is 1. The molecule has 1 amide bonds. The molecule has 1 aromatic rings. The number of carboxylic acids is 1. The van der Waals surface area contributed by atoms with E-state index in [-0.39, 0.29) is 5.91 Å². The van der Waals surface area contributed by atoms with Gasteiger partial charge in [0.1, 0.15) is 0 Å². The van der Waals surface area contributed by atoms with Crippen LogP contribution >= 0.6 is 11.6 Å². The van der Waals surface area contributed by atoms with Gasteiger partial charge in [0, 0.05) is 28.5 Å². The van der Waals surface area contributed by atoms with E-state index in [1.54, 1.807) is 18.2 Å². The van der Waals surface area contributed by atoms with E-state index in [1.165, 1.54) is 0 Å². The molecule has 0 aliphatic heterocycles. The number of hydrogen-bond donors (Lipinski definition) is 1. The van der Waals surface area contributed by atoms with Gasteiger partial charge in [0.05, 0.1) is 0 Å². The third-order valence-corrected chi connectivity index (χ3v) is 4.34. The van der Waals surface area contributed by atoms with Gasteiger partial charge in [-0.25, -0.2) is 0 Å². The molecule has 0 aromatic heterocycles. The number of hydrogen-bond acceptors (Lipinski definition) is 3. The Labute approximate surface area is 123 Å². The fourth-order valence-corrected chi connectivity index (χ4v) is 2.87. The normalized spacial score (nSPS) is 22.3. The Kier molecular flexibility index (Phi) is 4.65. The monoisotopic (exact) mass is 294 g/mol. The molecule has 0 radical (unpaired) electrons. The molecular formula is C15H17ClNO3-. The number of halogens is 1. The second kappa shape index (κ2) is 6.27. The minimum absolute atomic E-state index is 0.260. The lowest BCUT2D eigenvalue weighted by Crippen LogP contribution is -2.42. The minimum Gasteiger partial charge on any atom is -0.550 e. The van der Waals surface area contributed by atoms with Crippen LogP contribution in [0.2, 0.25) is 5.02 Å². The summed E-state index contributed by atoms with van der Waals surface area (Å²) in [6.45, 7) is 1.81. The predicted molar refractivity (Wildman–Crippen MR) is 75.3 cm³/mol. The van der Waals surface area contributed by atoms with Gasteiger partial charge >= 0.3 is 0 Å². The molecule has 1 aromatic carbocycles. The lowest BCUT2D eigenvalue weighted by Gasteiger charge is -2.31. The van der Waals surface area contributed by atoms with Gasteiger partial charge in [0.25, 0.3) is 0 Å². The van der Waals surface area contributed by atoms with E-state index in [2.05, 4.69) is 5.32 Å². The maximum Gasteiger partial charge on any atom is 0.228 e. The Morgan fingerprint density at radius 2 is 1.90 bits per heavy atom. The molecule has 1 N–H and O–H groups in total. The van der Waals surface area contributed by atoms with Crippen molar-refractivity contribution in [1.29, 1.82) is 0 Å². The van der Waals surface area contributed by atoms with Crippen LogP contribution in [-0.4, -0.2) is 11.9 Å². The van der Waals surface area contributed by atoms with Crippen molar-refractivity contribution in [1.82, 2.24) is 0 Å². The summed E-state index contributed by atoms with van der Waals surface area (Å²) in [5.74, 6) is -2.60. The van der Waals surface area contributed by atoms with Crippen molar-refractivity contribution in [2.45, 2.75) is 32.6 Å². The Morgan fingerprint density at radius 1 is 1.25 bits per heavy atom. The van der Waals surface area contributed by atoms with E-state index in [0.29, 0.717) is 23.6 Å². The van der Waals surface area contributed by atoms with E-state index < -0.39 is 17.8 Å². The first-order chi connectivity index (χ1) is 9.50. The highest BCUT2D eigenvalue weighted by molar-refractivity contribution is 6.31. The molecule has 108 valence electrons. The van der Waals surface area contributed by atoms with Crippen LogP contribution in [0.4, 0.5) is 5.69 Å². The van der Waals surface area contributed by atoms with Gasteiger partial charge in [-0.3, -0.25) is 4.79 Å². The summed E-state index contributed by atoms with van der Waals surface area (Å²) in [6.07, 6.45) is 2.80. The minimum atomic E-state index is -1.13. The van der Waals surface area contributed by atoms with Gasteiger partial charge in [-0.05, 0) is 37.5 Å². The number of amides is 1. The van der Waals surface area contributed by atoms with Crippen LogP contribution in [0.5, 0.6) is 0 Å². The second-order valence-corrected chi connectivity index (χ2v) is 5.63. The molecule has 20 heavy (non-hydrogen) atoms. The predicted octanol–water partition coefficient (Wildman–Crippen LogP) is 2.14. The Balaban J connectivity index is 2.14. The summed E-state index contributed by atoms with van der Waals surface area (Å²) in [5, 5.41) is 14.5. The molecule has 1 saturated carbocycles. The quantitative estimate of drug-likeness (QED) is 0.928. The highest BCUT2D eigenvalue weighted by Crippen LogP contribution is 2.31. The molecule has 1 fully saturated rings. The zero-order valence-electron chi connectivity index (χ0n) is 11.3. The first-order valence-corrected chi connectivity index (χ1v) is 7.15. The second-order valence-electron chi connectivity index (χ2n) is 5.22. The highest BCUT2D eigenvalue weighted by Gasteiger charge is 2.31. The molecule has 0 heterocycles. The third-order valence-electron chi connectivity index (χ3n) is 3.93. The summed E-state index contributed by atoms with van der Waals surface area (Å²) in [5.41, 5.74) is 1.41. The number of anilines is 1. The van der Waals surface area contributed by atoms with E-state index in [9.17, 15) is 14.7 Å². The molecule has 0 spiro atoms. The Morgan fingerprint density at radius 3 is 2.55 bits per heavy atom. The van der Waals surface area contributed by atoms with E-state index in [1.807, 2.05) is 6.92 Å². The van der Waals surface area contributed by atoms with Crippen LogP contribution in [0.3, 0.4) is 0 Å². The molecule has 2 unspecified atom stereocenters. The summed E-state index contributed by atoms with van der Waals surface area (Å²) >= 11 is 6.01. The molecule has 0 bridgehead atoms. The summed E-state index contributed by atoms with van der Waals surface area (Å²) in [6, 6.07) is 5.26. The lowest BCUT2D eigenvalue weighted by molar-refractivity contribution is -0.313. The number of carbonyl (C=O) groups excluding carboxylic acids is 2. The van der Waals surface area contributed by atoms with Crippen molar-refractivity contribution in [3.63, 3.8) is 0 Å². The van der Waals surface area contributed by atoms with Gasteiger partial charge in [0.15, 0.2) is 0 Å². The van der Waals surface area contributed by atoms with Gasteiger partial charge in [-0.2, -0.15) is 0 Å². The van der Waals surface area contributed by atoms with Crippen molar-refractivity contribution in [3.05, 3.63) is 28.8 Å². The van der Waals surface area contributed by atoms with Crippen LogP contribution < -0.4 is 10.4 Å². The number of nitrogens with one attached hydrogen (secondary N) is 1. The molecule has 5 heteroatoms. The van der Waals surface area contributed by atoms with Crippen LogP contribution in [0, 0.1) is 18.8 Å². The first-order valence-electron chi connectivity index (χ1n) is 6.77. The van der Waals surface area contributed by atoms with Crippen molar-refractivity contribution in [2.24, 2.45) is 11.8 Å². The average Bonchev–Trinajstić information content (AvgIpc) is 2.43. The van der Waals surface area contributed by atoms with Gasteiger partial charge < -0.3 is 15.2 Å². The Hall–Kier alpha value is -1.55. The van der Waals surface area contributed by atoms with Crippen molar-refractivity contribution >= 4 is 29.2 Å².